The third-order valence-electron chi connectivity index (χ3n) is 3.51. The van der Waals surface area contributed by atoms with E-state index in [2.05, 4.69) is 20.2 Å². The molecule has 0 fully saturated rings. The molecule has 0 spiro atoms. The fourth-order valence-corrected chi connectivity index (χ4v) is 2.42. The average molecular weight is 296 g/mol. The molecule has 7 heteroatoms. The Hall–Kier alpha value is -2.96. The molecule has 3 aromatic heterocycles. The van der Waals surface area contributed by atoms with Gasteiger partial charge < -0.3 is 4.98 Å². The van der Waals surface area contributed by atoms with Crippen molar-refractivity contribution in [2.24, 2.45) is 0 Å². The van der Waals surface area contributed by atoms with E-state index in [1.807, 2.05) is 17.8 Å². The van der Waals surface area contributed by atoms with Gasteiger partial charge in [0.1, 0.15) is 17.2 Å². The normalized spacial score (nSPS) is 11.4. The number of nitrogens with zero attached hydrogens (tertiary/aromatic N) is 5. The van der Waals surface area contributed by atoms with Gasteiger partial charge in [-0.05, 0) is 25.1 Å². The van der Waals surface area contributed by atoms with Crippen molar-refractivity contribution < 1.29 is 4.39 Å². The number of H-pyrrole nitrogens is 1. The van der Waals surface area contributed by atoms with Crippen LogP contribution in [0.2, 0.25) is 0 Å². The van der Waals surface area contributed by atoms with Gasteiger partial charge in [-0.15, -0.1) is 0 Å². The van der Waals surface area contributed by atoms with Crippen molar-refractivity contribution in [3.63, 3.8) is 0 Å². The molecule has 4 aromatic rings. The zero-order valence-electron chi connectivity index (χ0n) is 11.9. The summed E-state index contributed by atoms with van der Waals surface area (Å²) in [5.74, 6) is 0.429. The highest BCUT2D eigenvalue weighted by Crippen LogP contribution is 2.21. The second-order valence-corrected chi connectivity index (χ2v) is 4.94. The van der Waals surface area contributed by atoms with Crippen LogP contribution in [0.1, 0.15) is 6.92 Å². The molecule has 0 unspecified atom stereocenters. The Morgan fingerprint density at radius 3 is 2.95 bits per heavy atom. The first-order chi connectivity index (χ1) is 10.7. The van der Waals surface area contributed by atoms with Gasteiger partial charge in [0.15, 0.2) is 5.65 Å². The van der Waals surface area contributed by atoms with Crippen LogP contribution in [0.15, 0.2) is 42.9 Å². The van der Waals surface area contributed by atoms with Crippen LogP contribution in [-0.4, -0.2) is 29.5 Å². The number of aromatic amines is 1. The Bertz CT molecular complexity index is 948. The van der Waals surface area contributed by atoms with Gasteiger partial charge in [0, 0.05) is 12.7 Å². The topological polar surface area (TPSA) is 64.3 Å². The summed E-state index contributed by atoms with van der Waals surface area (Å²) in [5.41, 5.74) is 3.21. The maximum Gasteiger partial charge on any atom is 0.176 e. The third kappa shape index (κ3) is 1.98. The molecule has 1 N–H and O–H groups in total. The summed E-state index contributed by atoms with van der Waals surface area (Å²) >= 11 is 0. The maximum atomic E-state index is 13.3. The molecule has 0 bridgehead atoms. The Balaban J connectivity index is 1.74. The molecule has 4 rings (SSSR count). The number of benzene rings is 1. The SMILES string of the molecule is CCn1ncc2[nH]c(-c3cnn(-c4cccc(F)c4)c3)nc21. The minimum atomic E-state index is -0.290. The van der Waals surface area contributed by atoms with Crippen LogP contribution in [0.4, 0.5) is 4.39 Å². The lowest BCUT2D eigenvalue weighted by atomic mass is 10.3. The van der Waals surface area contributed by atoms with E-state index in [4.69, 9.17) is 0 Å². The van der Waals surface area contributed by atoms with Crippen molar-refractivity contribution in [3.8, 4) is 17.1 Å². The number of nitrogens with one attached hydrogen (secondary N) is 1. The van der Waals surface area contributed by atoms with E-state index < -0.39 is 0 Å². The van der Waals surface area contributed by atoms with Gasteiger partial charge in [-0.2, -0.15) is 10.2 Å². The molecule has 0 radical (unpaired) electrons. The van der Waals surface area contributed by atoms with Gasteiger partial charge in [-0.25, -0.2) is 18.7 Å². The fourth-order valence-electron chi connectivity index (χ4n) is 2.42. The Morgan fingerprint density at radius 2 is 2.14 bits per heavy atom. The van der Waals surface area contributed by atoms with E-state index in [0.29, 0.717) is 5.69 Å². The fraction of sp³-hybridized carbons (Fsp3) is 0.133. The van der Waals surface area contributed by atoms with E-state index in [0.717, 1.165) is 29.1 Å². The van der Waals surface area contributed by atoms with Gasteiger partial charge in [-0.3, -0.25) is 0 Å². The van der Waals surface area contributed by atoms with Crippen LogP contribution in [0.5, 0.6) is 0 Å². The second kappa shape index (κ2) is 4.80. The second-order valence-electron chi connectivity index (χ2n) is 4.94. The molecule has 22 heavy (non-hydrogen) atoms. The Labute approximate surface area is 125 Å². The van der Waals surface area contributed by atoms with Gasteiger partial charge in [-0.1, -0.05) is 6.07 Å². The van der Waals surface area contributed by atoms with E-state index in [-0.39, 0.29) is 5.82 Å². The summed E-state index contributed by atoms with van der Waals surface area (Å²) < 4.78 is 16.7. The van der Waals surface area contributed by atoms with Crippen molar-refractivity contribution in [1.29, 1.82) is 0 Å². The molecule has 6 nitrogen and oxygen atoms in total. The number of hydrogen-bond acceptors (Lipinski definition) is 3. The highest BCUT2D eigenvalue weighted by Gasteiger charge is 2.11. The number of aromatic nitrogens is 6. The number of fused-ring (bicyclic) bond motifs is 1. The zero-order valence-corrected chi connectivity index (χ0v) is 11.9. The molecule has 110 valence electrons. The number of hydrogen-bond donors (Lipinski definition) is 1. The first-order valence-electron chi connectivity index (χ1n) is 6.97. The van der Waals surface area contributed by atoms with E-state index >= 15 is 0 Å². The summed E-state index contributed by atoms with van der Waals surface area (Å²) in [6, 6.07) is 6.30. The van der Waals surface area contributed by atoms with E-state index in [1.165, 1.54) is 12.1 Å². The first kappa shape index (κ1) is 12.8. The summed E-state index contributed by atoms with van der Waals surface area (Å²) in [7, 11) is 0. The maximum absolute atomic E-state index is 13.3. The molecule has 0 aliphatic rings. The third-order valence-corrected chi connectivity index (χ3v) is 3.51. The largest absolute Gasteiger partial charge is 0.335 e. The van der Waals surface area contributed by atoms with Crippen LogP contribution < -0.4 is 0 Å². The lowest BCUT2D eigenvalue weighted by Crippen LogP contribution is -1.96. The van der Waals surface area contributed by atoms with Crippen LogP contribution >= 0.6 is 0 Å². The molecule has 0 amide bonds. The van der Waals surface area contributed by atoms with E-state index in [9.17, 15) is 4.39 Å². The number of aryl methyl sites for hydroxylation is 1. The van der Waals surface area contributed by atoms with Crippen molar-refractivity contribution >= 4 is 11.2 Å². The van der Waals surface area contributed by atoms with Gasteiger partial charge in [0.25, 0.3) is 0 Å². The highest BCUT2D eigenvalue weighted by atomic mass is 19.1. The standard InChI is InChI=1S/C15H13FN6/c1-2-21-15-13(8-18-21)19-14(20-15)10-7-17-22(9-10)12-5-3-4-11(16)6-12/h3-9H,2H2,1H3,(H,19,20). The molecule has 0 atom stereocenters. The Kier molecular flexibility index (Phi) is 2.78. The van der Waals surface area contributed by atoms with Crippen molar-refractivity contribution in [2.75, 3.05) is 0 Å². The van der Waals surface area contributed by atoms with Crippen molar-refractivity contribution in [2.45, 2.75) is 13.5 Å². The summed E-state index contributed by atoms with van der Waals surface area (Å²) in [6.07, 6.45) is 5.27. The quantitative estimate of drug-likeness (QED) is 0.632. The van der Waals surface area contributed by atoms with Crippen molar-refractivity contribution in [1.82, 2.24) is 29.5 Å². The van der Waals surface area contributed by atoms with Crippen molar-refractivity contribution in [3.05, 3.63) is 48.7 Å². The van der Waals surface area contributed by atoms with Gasteiger partial charge in [0.2, 0.25) is 0 Å². The minimum absolute atomic E-state index is 0.290. The monoisotopic (exact) mass is 296 g/mol. The molecular formula is C15H13FN6. The summed E-state index contributed by atoms with van der Waals surface area (Å²) in [4.78, 5) is 7.78. The van der Waals surface area contributed by atoms with E-state index in [1.54, 1.807) is 29.2 Å². The lowest BCUT2D eigenvalue weighted by Gasteiger charge is -1.99. The van der Waals surface area contributed by atoms with Crippen LogP contribution in [0.25, 0.3) is 28.2 Å². The number of halogens is 1. The van der Waals surface area contributed by atoms with Crippen LogP contribution in [-0.2, 0) is 6.54 Å². The van der Waals surface area contributed by atoms with Gasteiger partial charge in [0.05, 0.1) is 23.6 Å². The number of rotatable bonds is 3. The lowest BCUT2D eigenvalue weighted by molar-refractivity contribution is 0.625. The predicted octanol–water partition coefficient (Wildman–Crippen LogP) is 2.77. The smallest absolute Gasteiger partial charge is 0.176 e. The molecule has 0 aliphatic carbocycles. The van der Waals surface area contributed by atoms with Gasteiger partial charge >= 0.3 is 0 Å². The summed E-state index contributed by atoms with van der Waals surface area (Å²) in [6.45, 7) is 2.78. The molecule has 0 aliphatic heterocycles. The molecule has 0 saturated carbocycles. The minimum Gasteiger partial charge on any atom is -0.335 e. The van der Waals surface area contributed by atoms with Crippen LogP contribution in [0, 0.1) is 5.82 Å². The summed E-state index contributed by atoms with van der Waals surface area (Å²) in [5, 5.41) is 8.50. The molecule has 3 heterocycles. The average Bonchev–Trinajstić information content (AvgIpc) is 3.21. The predicted molar refractivity (Wildman–Crippen MR) is 80.1 cm³/mol. The molecule has 0 saturated heterocycles. The highest BCUT2D eigenvalue weighted by molar-refractivity contribution is 5.75. The number of imidazole rings is 1. The van der Waals surface area contributed by atoms with Crippen LogP contribution in [0.3, 0.4) is 0 Å². The zero-order chi connectivity index (χ0) is 15.1. The first-order valence-corrected chi connectivity index (χ1v) is 6.97. The Morgan fingerprint density at radius 1 is 1.23 bits per heavy atom. The molecule has 1 aromatic carbocycles. The molecular weight excluding hydrogens is 283 g/mol.